The van der Waals surface area contributed by atoms with Crippen LogP contribution in [-0.2, 0) is 10.0 Å². The molecule has 1 aromatic rings. The van der Waals surface area contributed by atoms with Crippen LogP contribution >= 0.6 is 0 Å². The molecule has 5 nitrogen and oxygen atoms in total. The average Bonchev–Trinajstić information content (AvgIpc) is 2.93. The van der Waals surface area contributed by atoms with Gasteiger partial charge in [-0.1, -0.05) is 0 Å². The van der Waals surface area contributed by atoms with E-state index < -0.39 is 32.2 Å². The van der Waals surface area contributed by atoms with Crippen LogP contribution in [0.15, 0.2) is 23.1 Å². The second kappa shape index (κ2) is 4.03. The number of nitrogens with one attached hydrogen (secondary N) is 1. The maximum Gasteiger partial charge on any atom is 0.335 e. The highest BCUT2D eigenvalue weighted by atomic mass is 32.2. The fraction of sp³-hybridized carbons (Fsp3) is 0.364. The zero-order chi connectivity index (χ0) is 13.6. The number of benzene rings is 1. The Hall–Kier alpha value is -1.47. The zero-order valence-corrected chi connectivity index (χ0v) is 10.4. The first kappa shape index (κ1) is 13.0. The molecule has 0 aliphatic heterocycles. The number of carboxylic acids is 1. The molecule has 7 heteroatoms. The van der Waals surface area contributed by atoms with E-state index in [1.54, 1.807) is 6.92 Å². The van der Waals surface area contributed by atoms with Gasteiger partial charge in [0.25, 0.3) is 0 Å². The number of rotatable bonds is 4. The Bertz CT molecular complexity index is 607. The molecule has 0 aromatic heterocycles. The van der Waals surface area contributed by atoms with Crippen molar-refractivity contribution >= 4 is 16.0 Å². The topological polar surface area (TPSA) is 83.5 Å². The van der Waals surface area contributed by atoms with E-state index in [4.69, 9.17) is 5.11 Å². The van der Waals surface area contributed by atoms with Gasteiger partial charge in [0, 0.05) is 5.54 Å². The molecule has 0 unspecified atom stereocenters. The second-order valence-electron chi connectivity index (χ2n) is 4.62. The monoisotopic (exact) mass is 273 g/mol. The van der Waals surface area contributed by atoms with Gasteiger partial charge in [-0.25, -0.2) is 22.3 Å². The van der Waals surface area contributed by atoms with Gasteiger partial charge in [-0.05, 0) is 38.0 Å². The predicted molar refractivity (Wildman–Crippen MR) is 61.3 cm³/mol. The van der Waals surface area contributed by atoms with Crippen molar-refractivity contribution in [2.75, 3.05) is 0 Å². The van der Waals surface area contributed by atoms with Crippen molar-refractivity contribution in [2.45, 2.75) is 30.2 Å². The van der Waals surface area contributed by atoms with E-state index in [1.807, 2.05) is 0 Å². The molecular weight excluding hydrogens is 261 g/mol. The Labute approximate surface area is 104 Å². The summed E-state index contributed by atoms with van der Waals surface area (Å²) in [6, 6.07) is 2.73. The number of carboxylic acid groups (broad SMARTS) is 1. The standard InChI is InChI=1S/C11H12FNO4S/c1-11(4-5-11)13-18(16,17)9-3-2-7(10(14)15)6-8(9)12/h2-3,6,13H,4-5H2,1H3,(H,14,15). The van der Waals surface area contributed by atoms with E-state index in [0.29, 0.717) is 18.9 Å². The smallest absolute Gasteiger partial charge is 0.335 e. The lowest BCUT2D eigenvalue weighted by molar-refractivity contribution is 0.0696. The number of hydrogen-bond acceptors (Lipinski definition) is 3. The summed E-state index contributed by atoms with van der Waals surface area (Å²) in [7, 11) is -3.95. The van der Waals surface area contributed by atoms with Crippen molar-refractivity contribution in [1.29, 1.82) is 0 Å². The van der Waals surface area contributed by atoms with Crippen molar-refractivity contribution in [3.63, 3.8) is 0 Å². The maximum atomic E-state index is 13.6. The Balaban J connectivity index is 2.36. The van der Waals surface area contributed by atoms with Gasteiger partial charge < -0.3 is 5.11 Å². The highest BCUT2D eigenvalue weighted by molar-refractivity contribution is 7.89. The first-order valence-corrected chi connectivity index (χ1v) is 6.79. The normalized spacial score (nSPS) is 17.4. The summed E-state index contributed by atoms with van der Waals surface area (Å²) in [5.41, 5.74) is -0.791. The maximum absolute atomic E-state index is 13.6. The van der Waals surface area contributed by atoms with Crippen molar-refractivity contribution in [2.24, 2.45) is 0 Å². The van der Waals surface area contributed by atoms with E-state index in [0.717, 1.165) is 12.1 Å². The van der Waals surface area contributed by atoms with Crippen LogP contribution in [-0.4, -0.2) is 25.0 Å². The van der Waals surface area contributed by atoms with E-state index in [2.05, 4.69) is 4.72 Å². The summed E-state index contributed by atoms with van der Waals surface area (Å²) in [6.07, 6.45) is 1.42. The average molecular weight is 273 g/mol. The summed E-state index contributed by atoms with van der Waals surface area (Å²) in [5.74, 6) is -2.37. The molecule has 0 heterocycles. The van der Waals surface area contributed by atoms with Crippen LogP contribution in [0.1, 0.15) is 30.1 Å². The van der Waals surface area contributed by atoms with Gasteiger partial charge in [0.15, 0.2) is 0 Å². The second-order valence-corrected chi connectivity index (χ2v) is 6.27. The largest absolute Gasteiger partial charge is 0.478 e. The van der Waals surface area contributed by atoms with Crippen LogP contribution in [0.3, 0.4) is 0 Å². The molecule has 0 radical (unpaired) electrons. The Morgan fingerprint density at radius 1 is 1.44 bits per heavy atom. The molecule has 0 saturated heterocycles. The molecule has 0 amide bonds. The molecule has 18 heavy (non-hydrogen) atoms. The SMILES string of the molecule is CC1(NS(=O)(=O)c2ccc(C(=O)O)cc2F)CC1. The van der Waals surface area contributed by atoms with Gasteiger partial charge in [-0.2, -0.15) is 0 Å². The fourth-order valence-electron chi connectivity index (χ4n) is 1.52. The number of hydrogen-bond donors (Lipinski definition) is 2. The zero-order valence-electron chi connectivity index (χ0n) is 9.60. The summed E-state index contributed by atoms with van der Waals surface area (Å²) in [6.45, 7) is 1.73. The van der Waals surface area contributed by atoms with E-state index in [-0.39, 0.29) is 5.56 Å². The summed E-state index contributed by atoms with van der Waals surface area (Å²) >= 11 is 0. The van der Waals surface area contributed by atoms with Gasteiger partial charge in [-0.15, -0.1) is 0 Å². The lowest BCUT2D eigenvalue weighted by Crippen LogP contribution is -2.34. The molecular formula is C11H12FNO4S. The first-order chi connectivity index (χ1) is 8.23. The Morgan fingerprint density at radius 3 is 2.50 bits per heavy atom. The van der Waals surface area contributed by atoms with E-state index in [9.17, 15) is 17.6 Å². The highest BCUT2D eigenvalue weighted by Gasteiger charge is 2.41. The summed E-state index contributed by atoms with van der Waals surface area (Å²) in [5, 5.41) is 8.67. The molecule has 0 spiro atoms. The molecule has 1 aliphatic carbocycles. The van der Waals surface area contributed by atoms with Crippen LogP contribution in [0.2, 0.25) is 0 Å². The number of carbonyl (C=O) groups is 1. The van der Waals surface area contributed by atoms with Crippen LogP contribution in [0, 0.1) is 5.82 Å². The minimum absolute atomic E-state index is 0.288. The minimum atomic E-state index is -3.95. The molecule has 0 atom stereocenters. The van der Waals surface area contributed by atoms with Gasteiger partial charge in [0.2, 0.25) is 10.0 Å². The van der Waals surface area contributed by atoms with Crippen molar-refractivity contribution in [3.05, 3.63) is 29.6 Å². The van der Waals surface area contributed by atoms with Crippen molar-refractivity contribution in [3.8, 4) is 0 Å². The van der Waals surface area contributed by atoms with Crippen LogP contribution in [0.5, 0.6) is 0 Å². The number of aromatic carboxylic acids is 1. The third-order valence-electron chi connectivity index (χ3n) is 2.85. The van der Waals surface area contributed by atoms with E-state index >= 15 is 0 Å². The van der Waals surface area contributed by atoms with Crippen LogP contribution < -0.4 is 4.72 Å². The molecule has 2 N–H and O–H groups in total. The molecule has 0 bridgehead atoms. The van der Waals surface area contributed by atoms with Crippen molar-refractivity contribution < 1.29 is 22.7 Å². The van der Waals surface area contributed by atoms with Gasteiger partial charge in [0.05, 0.1) is 5.56 Å². The van der Waals surface area contributed by atoms with Crippen LogP contribution in [0.4, 0.5) is 4.39 Å². The molecule has 2 rings (SSSR count). The summed E-state index contributed by atoms with van der Waals surface area (Å²) in [4.78, 5) is 10.1. The quantitative estimate of drug-likeness (QED) is 0.867. The van der Waals surface area contributed by atoms with Crippen molar-refractivity contribution in [1.82, 2.24) is 4.72 Å². The lowest BCUT2D eigenvalue weighted by Gasteiger charge is -2.12. The molecule has 1 aromatic carbocycles. The van der Waals surface area contributed by atoms with Gasteiger partial charge >= 0.3 is 5.97 Å². The molecule has 1 fully saturated rings. The minimum Gasteiger partial charge on any atom is -0.478 e. The van der Waals surface area contributed by atoms with Crippen LogP contribution in [0.25, 0.3) is 0 Å². The lowest BCUT2D eigenvalue weighted by atomic mass is 10.2. The van der Waals surface area contributed by atoms with Gasteiger partial charge in [-0.3, -0.25) is 0 Å². The Kier molecular flexibility index (Phi) is 2.90. The molecule has 1 saturated carbocycles. The first-order valence-electron chi connectivity index (χ1n) is 5.30. The fourth-order valence-corrected chi connectivity index (χ4v) is 3.05. The third-order valence-corrected chi connectivity index (χ3v) is 4.52. The Morgan fingerprint density at radius 2 is 2.06 bits per heavy atom. The highest BCUT2D eigenvalue weighted by Crippen LogP contribution is 2.36. The third kappa shape index (κ3) is 2.51. The van der Waals surface area contributed by atoms with Gasteiger partial charge in [0.1, 0.15) is 10.7 Å². The predicted octanol–water partition coefficient (Wildman–Crippen LogP) is 1.35. The number of halogens is 1. The summed E-state index contributed by atoms with van der Waals surface area (Å²) < 4.78 is 39.8. The van der Waals surface area contributed by atoms with E-state index in [1.165, 1.54) is 0 Å². The molecule has 98 valence electrons. The number of sulfonamides is 1. The molecule has 1 aliphatic rings.